The fourth-order valence-electron chi connectivity index (χ4n) is 1.19. The van der Waals surface area contributed by atoms with Crippen molar-refractivity contribution in [2.45, 2.75) is 52.4 Å². The van der Waals surface area contributed by atoms with Crippen molar-refractivity contribution < 1.29 is 9.84 Å². The minimum Gasteiger partial charge on any atom is -0.393 e. The summed E-state index contributed by atoms with van der Waals surface area (Å²) in [7, 11) is 0. The Hall–Kier alpha value is -0.120. The van der Waals surface area contributed by atoms with Gasteiger partial charge in [0.15, 0.2) is 0 Å². The number of rotatable bonds is 7. The number of nitrogens with one attached hydrogen (secondary N) is 1. The van der Waals surface area contributed by atoms with Gasteiger partial charge < -0.3 is 15.2 Å². The van der Waals surface area contributed by atoms with Crippen molar-refractivity contribution in [3.63, 3.8) is 0 Å². The van der Waals surface area contributed by atoms with Gasteiger partial charge in [-0.25, -0.2) is 0 Å². The average molecular weight is 189 g/mol. The van der Waals surface area contributed by atoms with Crippen molar-refractivity contribution >= 4 is 0 Å². The molecule has 0 rings (SSSR count). The molecule has 0 aliphatic rings. The van der Waals surface area contributed by atoms with E-state index in [-0.39, 0.29) is 6.10 Å². The molecule has 0 aliphatic heterocycles. The molecule has 0 spiro atoms. The maximum atomic E-state index is 9.10. The molecular weight excluding hydrogens is 166 g/mol. The largest absolute Gasteiger partial charge is 0.393 e. The van der Waals surface area contributed by atoms with Crippen molar-refractivity contribution in [1.29, 1.82) is 0 Å². The van der Waals surface area contributed by atoms with E-state index < -0.39 is 0 Å². The topological polar surface area (TPSA) is 41.5 Å². The average Bonchev–Trinajstić information content (AvgIpc) is 1.96. The predicted octanol–water partition coefficient (Wildman–Crippen LogP) is 1.16. The van der Waals surface area contributed by atoms with Crippen molar-refractivity contribution in [2.75, 3.05) is 13.2 Å². The highest BCUT2D eigenvalue weighted by molar-refractivity contribution is 4.63. The molecule has 0 aromatic carbocycles. The van der Waals surface area contributed by atoms with Gasteiger partial charge in [-0.1, -0.05) is 0 Å². The van der Waals surface area contributed by atoms with E-state index in [1.807, 2.05) is 20.8 Å². The van der Waals surface area contributed by atoms with Gasteiger partial charge >= 0.3 is 0 Å². The van der Waals surface area contributed by atoms with Crippen LogP contribution in [0.25, 0.3) is 0 Å². The van der Waals surface area contributed by atoms with Crippen molar-refractivity contribution in [2.24, 2.45) is 0 Å². The standard InChI is InChI=1S/C10H23NO2/c1-8(2)13-6-5-11-9(3)7-10(4)12/h8-12H,5-7H2,1-4H3. The van der Waals surface area contributed by atoms with E-state index in [1.165, 1.54) is 0 Å². The normalized spacial score (nSPS) is 16.2. The van der Waals surface area contributed by atoms with Gasteiger partial charge in [0.2, 0.25) is 0 Å². The van der Waals surface area contributed by atoms with Crippen LogP contribution in [0.5, 0.6) is 0 Å². The number of aliphatic hydroxyl groups is 1. The van der Waals surface area contributed by atoms with Gasteiger partial charge in [0, 0.05) is 12.6 Å². The quantitative estimate of drug-likeness (QED) is 0.591. The summed E-state index contributed by atoms with van der Waals surface area (Å²) >= 11 is 0. The Morgan fingerprint density at radius 1 is 1.23 bits per heavy atom. The van der Waals surface area contributed by atoms with E-state index in [1.54, 1.807) is 0 Å². The third kappa shape index (κ3) is 9.80. The van der Waals surface area contributed by atoms with Crippen LogP contribution in [0.3, 0.4) is 0 Å². The molecule has 0 radical (unpaired) electrons. The molecule has 2 atom stereocenters. The molecule has 3 heteroatoms. The van der Waals surface area contributed by atoms with Gasteiger partial charge in [0.1, 0.15) is 0 Å². The zero-order valence-electron chi connectivity index (χ0n) is 9.21. The lowest BCUT2D eigenvalue weighted by atomic mass is 10.1. The van der Waals surface area contributed by atoms with Gasteiger partial charge in [-0.05, 0) is 34.1 Å². The van der Waals surface area contributed by atoms with Crippen LogP contribution in [0.4, 0.5) is 0 Å². The number of ether oxygens (including phenoxy) is 1. The maximum Gasteiger partial charge on any atom is 0.0594 e. The summed E-state index contributed by atoms with van der Waals surface area (Å²) in [5, 5.41) is 12.4. The van der Waals surface area contributed by atoms with Gasteiger partial charge in [0.05, 0.1) is 18.8 Å². The molecule has 80 valence electrons. The van der Waals surface area contributed by atoms with Gasteiger partial charge in [-0.3, -0.25) is 0 Å². The summed E-state index contributed by atoms with van der Waals surface area (Å²) in [6.07, 6.45) is 0.865. The van der Waals surface area contributed by atoms with Gasteiger partial charge in [-0.15, -0.1) is 0 Å². The molecule has 0 saturated heterocycles. The van der Waals surface area contributed by atoms with Crippen LogP contribution >= 0.6 is 0 Å². The highest BCUT2D eigenvalue weighted by atomic mass is 16.5. The summed E-state index contributed by atoms with van der Waals surface area (Å²) in [6.45, 7) is 9.53. The monoisotopic (exact) mass is 189 g/mol. The maximum absolute atomic E-state index is 9.10. The Morgan fingerprint density at radius 2 is 1.85 bits per heavy atom. The lowest BCUT2D eigenvalue weighted by molar-refractivity contribution is 0.0780. The smallest absolute Gasteiger partial charge is 0.0594 e. The molecule has 0 saturated carbocycles. The summed E-state index contributed by atoms with van der Waals surface area (Å²) in [5.74, 6) is 0. The van der Waals surface area contributed by atoms with Gasteiger partial charge in [-0.2, -0.15) is 0 Å². The van der Waals surface area contributed by atoms with Crippen LogP contribution in [0.1, 0.15) is 34.1 Å². The molecule has 3 nitrogen and oxygen atoms in total. The Labute approximate surface area is 81.5 Å². The molecule has 13 heavy (non-hydrogen) atoms. The van der Waals surface area contributed by atoms with Crippen molar-refractivity contribution in [3.8, 4) is 0 Å². The second kappa shape index (κ2) is 7.30. The van der Waals surface area contributed by atoms with E-state index in [4.69, 9.17) is 9.84 Å². The van der Waals surface area contributed by atoms with E-state index in [9.17, 15) is 0 Å². The number of hydrogen-bond acceptors (Lipinski definition) is 3. The second-order valence-electron chi connectivity index (χ2n) is 3.86. The van der Waals surface area contributed by atoms with E-state index in [0.717, 1.165) is 19.6 Å². The SMILES string of the molecule is CC(O)CC(C)NCCOC(C)C. The molecule has 0 bridgehead atoms. The summed E-state index contributed by atoms with van der Waals surface area (Å²) in [6, 6.07) is 0.357. The van der Waals surface area contributed by atoms with E-state index >= 15 is 0 Å². The van der Waals surface area contributed by atoms with Crippen LogP contribution in [-0.4, -0.2) is 36.5 Å². The molecule has 2 N–H and O–H groups in total. The highest BCUT2D eigenvalue weighted by Gasteiger charge is 2.04. The first-order valence-corrected chi connectivity index (χ1v) is 5.05. The molecule has 0 heterocycles. The molecule has 0 aromatic heterocycles. The van der Waals surface area contributed by atoms with Crippen LogP contribution < -0.4 is 5.32 Å². The Morgan fingerprint density at radius 3 is 2.31 bits per heavy atom. The predicted molar refractivity (Wildman–Crippen MR) is 54.9 cm³/mol. The fraction of sp³-hybridized carbons (Fsp3) is 1.00. The summed E-state index contributed by atoms with van der Waals surface area (Å²) < 4.78 is 5.37. The van der Waals surface area contributed by atoms with Crippen LogP contribution in [-0.2, 0) is 4.74 Å². The van der Waals surface area contributed by atoms with Crippen molar-refractivity contribution in [1.82, 2.24) is 5.32 Å². The molecule has 0 aromatic rings. The Kier molecular flexibility index (Phi) is 7.23. The van der Waals surface area contributed by atoms with E-state index in [0.29, 0.717) is 12.1 Å². The molecule has 0 aliphatic carbocycles. The minimum absolute atomic E-state index is 0.228. The Bertz CT molecular complexity index is 115. The highest BCUT2D eigenvalue weighted by Crippen LogP contribution is 1.95. The number of aliphatic hydroxyl groups excluding tert-OH is 1. The first-order chi connectivity index (χ1) is 6.02. The third-order valence-corrected chi connectivity index (χ3v) is 1.74. The zero-order valence-corrected chi connectivity index (χ0v) is 9.21. The number of hydrogen-bond donors (Lipinski definition) is 2. The van der Waals surface area contributed by atoms with Crippen LogP contribution in [0, 0.1) is 0 Å². The van der Waals surface area contributed by atoms with E-state index in [2.05, 4.69) is 12.2 Å². The molecule has 2 unspecified atom stereocenters. The minimum atomic E-state index is -0.228. The lowest BCUT2D eigenvalue weighted by Crippen LogP contribution is -2.32. The zero-order chi connectivity index (χ0) is 10.3. The summed E-state index contributed by atoms with van der Waals surface area (Å²) in [4.78, 5) is 0. The third-order valence-electron chi connectivity index (χ3n) is 1.74. The van der Waals surface area contributed by atoms with Crippen LogP contribution in [0.2, 0.25) is 0 Å². The molecular formula is C10H23NO2. The molecule has 0 fully saturated rings. The fourth-order valence-corrected chi connectivity index (χ4v) is 1.19. The van der Waals surface area contributed by atoms with Gasteiger partial charge in [0.25, 0.3) is 0 Å². The second-order valence-corrected chi connectivity index (χ2v) is 3.86. The summed E-state index contributed by atoms with van der Waals surface area (Å²) in [5.41, 5.74) is 0. The van der Waals surface area contributed by atoms with Crippen molar-refractivity contribution in [3.05, 3.63) is 0 Å². The lowest BCUT2D eigenvalue weighted by Gasteiger charge is -2.15. The molecule has 0 amide bonds. The Balaban J connectivity index is 3.22. The first kappa shape index (κ1) is 12.9. The van der Waals surface area contributed by atoms with Crippen LogP contribution in [0.15, 0.2) is 0 Å². The first-order valence-electron chi connectivity index (χ1n) is 5.05.